The maximum absolute atomic E-state index is 6.73. The van der Waals surface area contributed by atoms with Gasteiger partial charge >= 0.3 is 0 Å². The van der Waals surface area contributed by atoms with Gasteiger partial charge in [0.1, 0.15) is 11.2 Å². The summed E-state index contributed by atoms with van der Waals surface area (Å²) in [5, 5.41) is 4.98. The molecule has 0 saturated heterocycles. The molecule has 0 N–H and O–H groups in total. The van der Waals surface area contributed by atoms with Crippen LogP contribution in [0.5, 0.6) is 0 Å². The molecule has 2 nitrogen and oxygen atoms in total. The lowest BCUT2D eigenvalue weighted by molar-refractivity contribution is 0.667. The maximum Gasteiger partial charge on any atom is 0.136 e. The van der Waals surface area contributed by atoms with Crippen LogP contribution in [0.25, 0.3) is 75.5 Å². The third-order valence-corrected chi connectivity index (χ3v) is 13.8. The van der Waals surface area contributed by atoms with Crippen LogP contribution in [0.2, 0.25) is 0 Å². The molecule has 60 heavy (non-hydrogen) atoms. The predicted octanol–water partition coefficient (Wildman–Crippen LogP) is 16.5. The molecular formula is C57H39NOS. The summed E-state index contributed by atoms with van der Waals surface area (Å²) in [5.74, 6) is 0.217. The molecule has 11 aromatic rings. The van der Waals surface area contributed by atoms with Gasteiger partial charge in [-0.2, -0.15) is 0 Å². The monoisotopic (exact) mass is 785 g/mol. The van der Waals surface area contributed by atoms with E-state index in [1.165, 1.54) is 75.6 Å². The van der Waals surface area contributed by atoms with Crippen LogP contribution in [-0.2, 0) is 6.42 Å². The Morgan fingerprint density at radius 1 is 0.467 bits per heavy atom. The number of benzene rings is 9. The van der Waals surface area contributed by atoms with E-state index < -0.39 is 0 Å². The molecule has 1 aliphatic carbocycles. The van der Waals surface area contributed by atoms with E-state index in [4.69, 9.17) is 4.42 Å². The summed E-state index contributed by atoms with van der Waals surface area (Å²) in [7, 11) is 0. The number of hydrogen-bond donors (Lipinski definition) is 0. The van der Waals surface area contributed by atoms with Crippen molar-refractivity contribution in [1.82, 2.24) is 0 Å². The number of furan rings is 1. The summed E-state index contributed by atoms with van der Waals surface area (Å²) < 4.78 is 9.37. The van der Waals surface area contributed by atoms with Crippen molar-refractivity contribution in [3.8, 4) is 33.4 Å². The molecule has 1 aliphatic rings. The lowest BCUT2D eigenvalue weighted by Gasteiger charge is -2.26. The third-order valence-electron chi connectivity index (χ3n) is 12.5. The van der Waals surface area contributed by atoms with Gasteiger partial charge in [0.2, 0.25) is 0 Å². The molecule has 0 spiro atoms. The van der Waals surface area contributed by atoms with E-state index in [0.29, 0.717) is 0 Å². The van der Waals surface area contributed by atoms with Gasteiger partial charge in [0.05, 0.1) is 0 Å². The Morgan fingerprint density at radius 3 is 1.90 bits per heavy atom. The number of rotatable bonds is 6. The first-order valence-electron chi connectivity index (χ1n) is 20.8. The molecule has 9 aromatic carbocycles. The van der Waals surface area contributed by atoms with E-state index in [0.717, 1.165) is 46.5 Å². The molecule has 3 heteroatoms. The van der Waals surface area contributed by atoms with Crippen molar-refractivity contribution < 1.29 is 4.42 Å². The minimum Gasteiger partial charge on any atom is -0.456 e. The van der Waals surface area contributed by atoms with Crippen molar-refractivity contribution >= 4 is 70.5 Å². The van der Waals surface area contributed by atoms with Crippen LogP contribution >= 0.6 is 11.3 Å². The molecule has 284 valence electrons. The van der Waals surface area contributed by atoms with Crippen LogP contribution in [0, 0.1) is 0 Å². The highest BCUT2D eigenvalue weighted by molar-refractivity contribution is 7.26. The molecule has 0 radical (unpaired) electrons. The minimum absolute atomic E-state index is 0.217. The molecular weight excluding hydrogens is 747 g/mol. The van der Waals surface area contributed by atoms with E-state index in [-0.39, 0.29) is 5.92 Å². The van der Waals surface area contributed by atoms with Gasteiger partial charge in [-0.1, -0.05) is 152 Å². The Morgan fingerprint density at radius 2 is 1.08 bits per heavy atom. The van der Waals surface area contributed by atoms with Crippen LogP contribution in [0.4, 0.5) is 17.1 Å². The highest BCUT2D eigenvalue weighted by Crippen LogP contribution is 2.52. The fourth-order valence-corrected chi connectivity index (χ4v) is 11.0. The van der Waals surface area contributed by atoms with Gasteiger partial charge in [-0.15, -0.1) is 11.3 Å². The maximum atomic E-state index is 6.73. The Kier molecular flexibility index (Phi) is 8.28. The fourth-order valence-electron chi connectivity index (χ4n) is 9.80. The standard InChI is InChI=1S/C57H39NOS/c1-3-14-37(15-4-1)38-26-31-42(32-27-38)58(41-16-5-2-6-17-41)43-33-28-39(29-34-43)44-35-30-40-36-52-55(49-21-9-11-24-51(49)59-52)56(54(40)47-20-8-7-18-45(44)47)50-23-13-22-48-46-19-10-12-25-53(46)60-57(48)50/h1-29,31-34,36,44H,30,35H2. The Balaban J connectivity index is 1.00. The Bertz CT molecular complexity index is 3360. The molecule has 0 saturated carbocycles. The summed E-state index contributed by atoms with van der Waals surface area (Å²) in [6.07, 6.45) is 1.92. The van der Waals surface area contributed by atoms with E-state index in [2.05, 4.69) is 211 Å². The lowest BCUT2D eigenvalue weighted by Crippen LogP contribution is -2.10. The number of para-hydroxylation sites is 2. The first-order valence-corrected chi connectivity index (χ1v) is 21.7. The van der Waals surface area contributed by atoms with Gasteiger partial charge in [0, 0.05) is 65.1 Å². The SMILES string of the molecule is c1ccc(-c2ccc(N(c3ccccc3)c3ccc(C4CCc5cc6oc7ccccc7c6c(-c6cccc7c6sc6ccccc67)c5-c5ccccc54)cc3)cc2)cc1. The fraction of sp³-hybridized carbons (Fsp3) is 0.0526. The number of fused-ring (bicyclic) bond motifs is 9. The Labute approximate surface area is 353 Å². The number of hydrogen-bond acceptors (Lipinski definition) is 3. The van der Waals surface area contributed by atoms with Crippen LogP contribution in [0.1, 0.15) is 29.0 Å². The summed E-state index contributed by atoms with van der Waals surface area (Å²) in [5.41, 5.74) is 17.0. The molecule has 0 amide bonds. The number of thiophene rings is 1. The van der Waals surface area contributed by atoms with Crippen LogP contribution in [-0.4, -0.2) is 0 Å². The second kappa shape index (κ2) is 14.3. The smallest absolute Gasteiger partial charge is 0.136 e. The average molecular weight is 786 g/mol. The number of aryl methyl sites for hydroxylation is 1. The minimum atomic E-state index is 0.217. The van der Waals surface area contributed by atoms with Crippen molar-refractivity contribution in [3.05, 3.63) is 223 Å². The van der Waals surface area contributed by atoms with Crippen molar-refractivity contribution in [3.63, 3.8) is 0 Å². The topological polar surface area (TPSA) is 16.4 Å². The van der Waals surface area contributed by atoms with Crippen LogP contribution in [0.15, 0.2) is 211 Å². The van der Waals surface area contributed by atoms with Crippen molar-refractivity contribution in [2.45, 2.75) is 18.8 Å². The summed E-state index contributed by atoms with van der Waals surface area (Å²) in [4.78, 5) is 2.36. The average Bonchev–Trinajstić information content (AvgIpc) is 3.84. The first kappa shape index (κ1) is 34.8. The summed E-state index contributed by atoms with van der Waals surface area (Å²) in [6, 6.07) is 75.3. The van der Waals surface area contributed by atoms with Gasteiger partial charge in [-0.05, 0) is 106 Å². The van der Waals surface area contributed by atoms with E-state index in [9.17, 15) is 0 Å². The van der Waals surface area contributed by atoms with Crippen molar-refractivity contribution in [1.29, 1.82) is 0 Å². The van der Waals surface area contributed by atoms with Gasteiger partial charge in [0.15, 0.2) is 0 Å². The molecule has 1 unspecified atom stereocenters. The zero-order valence-corrected chi connectivity index (χ0v) is 33.7. The molecule has 0 aliphatic heterocycles. The first-order chi connectivity index (χ1) is 29.8. The predicted molar refractivity (Wildman–Crippen MR) is 254 cm³/mol. The second-order valence-electron chi connectivity index (χ2n) is 15.9. The van der Waals surface area contributed by atoms with Crippen molar-refractivity contribution in [2.75, 3.05) is 4.90 Å². The van der Waals surface area contributed by atoms with E-state index >= 15 is 0 Å². The molecule has 0 bridgehead atoms. The Hall–Kier alpha value is -7.20. The number of nitrogens with zero attached hydrogens (tertiary/aromatic N) is 1. The van der Waals surface area contributed by atoms with E-state index in [1.807, 2.05) is 11.3 Å². The highest BCUT2D eigenvalue weighted by Gasteiger charge is 2.30. The molecule has 0 fully saturated rings. The van der Waals surface area contributed by atoms with Crippen LogP contribution in [0.3, 0.4) is 0 Å². The van der Waals surface area contributed by atoms with Gasteiger partial charge in [-0.25, -0.2) is 0 Å². The second-order valence-corrected chi connectivity index (χ2v) is 16.9. The lowest BCUT2D eigenvalue weighted by atomic mass is 9.83. The van der Waals surface area contributed by atoms with Gasteiger partial charge in [-0.3, -0.25) is 0 Å². The summed E-state index contributed by atoms with van der Waals surface area (Å²) >= 11 is 1.90. The van der Waals surface area contributed by atoms with Gasteiger partial charge < -0.3 is 9.32 Å². The third kappa shape index (κ3) is 5.69. The van der Waals surface area contributed by atoms with Gasteiger partial charge in [0.25, 0.3) is 0 Å². The zero-order valence-electron chi connectivity index (χ0n) is 32.9. The molecule has 1 atom stereocenters. The quantitative estimate of drug-likeness (QED) is 0.167. The van der Waals surface area contributed by atoms with Crippen LogP contribution < -0.4 is 4.90 Å². The molecule has 2 heterocycles. The molecule has 12 rings (SSSR count). The normalized spacial score (nSPS) is 13.7. The van der Waals surface area contributed by atoms with Crippen molar-refractivity contribution in [2.24, 2.45) is 0 Å². The van der Waals surface area contributed by atoms with E-state index in [1.54, 1.807) is 0 Å². The largest absolute Gasteiger partial charge is 0.456 e. The zero-order chi connectivity index (χ0) is 39.6. The highest BCUT2D eigenvalue weighted by atomic mass is 32.1. The molecule has 2 aromatic heterocycles. The summed E-state index contributed by atoms with van der Waals surface area (Å²) in [6.45, 7) is 0. The number of anilines is 3.